The molecule has 1 unspecified atom stereocenters. The fraction of sp³-hybridized carbons (Fsp3) is 0.250. The van der Waals surface area contributed by atoms with Crippen molar-refractivity contribution in [1.29, 1.82) is 0 Å². The minimum atomic E-state index is -0.997. The van der Waals surface area contributed by atoms with Gasteiger partial charge in [0.05, 0.1) is 44.7 Å². The molecule has 1 aromatic heterocycles. The van der Waals surface area contributed by atoms with Crippen molar-refractivity contribution in [2.75, 3.05) is 0 Å². The molecule has 0 radical (unpaired) electrons. The van der Waals surface area contributed by atoms with E-state index in [1.165, 1.54) is 0 Å². The number of hydrogen-bond donors (Lipinski definition) is 2. The molecule has 272 valence electrons. The van der Waals surface area contributed by atoms with Crippen LogP contribution in [0.15, 0.2) is 109 Å². The Morgan fingerprint density at radius 2 is 1.60 bits per heavy atom. The second kappa shape index (κ2) is 16.3. The first-order valence-electron chi connectivity index (χ1n) is 17.1. The normalized spacial score (nSPS) is 20.1. The third-order valence-electron chi connectivity index (χ3n) is 9.26. The number of rotatable bonds is 11. The summed E-state index contributed by atoms with van der Waals surface area (Å²) in [4.78, 5) is 43.8. The van der Waals surface area contributed by atoms with Crippen molar-refractivity contribution in [2.45, 2.75) is 63.7 Å². The Bertz CT molecular complexity index is 2090. The van der Waals surface area contributed by atoms with Gasteiger partial charge in [0.25, 0.3) is 5.91 Å². The molecule has 4 atom stereocenters. The lowest BCUT2D eigenvalue weighted by Gasteiger charge is -2.36. The van der Waals surface area contributed by atoms with Crippen LogP contribution in [0.5, 0.6) is 0 Å². The topological polar surface area (TPSA) is 132 Å². The summed E-state index contributed by atoms with van der Waals surface area (Å²) in [5.41, 5.74) is 5.85. The Hall–Kier alpha value is -5.04. The van der Waals surface area contributed by atoms with Crippen molar-refractivity contribution in [3.8, 4) is 11.1 Å². The average Bonchev–Trinajstić information content (AvgIpc) is 3.64. The van der Waals surface area contributed by atoms with Gasteiger partial charge < -0.3 is 29.2 Å². The van der Waals surface area contributed by atoms with E-state index in [1.54, 1.807) is 10.9 Å². The van der Waals surface area contributed by atoms with E-state index >= 15 is 0 Å². The molecule has 53 heavy (non-hydrogen) atoms. The quantitative estimate of drug-likeness (QED) is 0.136. The number of nitrogens with zero attached hydrogens (tertiary/aromatic N) is 3. The van der Waals surface area contributed by atoms with Crippen molar-refractivity contribution in [3.63, 3.8) is 0 Å². The third kappa shape index (κ3) is 8.62. The summed E-state index contributed by atoms with van der Waals surface area (Å²) >= 11 is 12.5. The van der Waals surface area contributed by atoms with Crippen molar-refractivity contribution < 1.29 is 33.7 Å². The van der Waals surface area contributed by atoms with Crippen LogP contribution < -0.4 is 5.32 Å². The summed E-state index contributed by atoms with van der Waals surface area (Å²) in [5.74, 6) is -0.864. The van der Waals surface area contributed by atoms with Gasteiger partial charge in [-0.15, -0.1) is 0 Å². The molecule has 2 N–H and O–H groups in total. The number of alkyl carbamates (subject to hydrolysis) is 1. The highest BCUT2D eigenvalue weighted by atomic mass is 35.5. The number of nitrogens with one attached hydrogen (secondary N) is 1. The molecule has 3 amide bonds. The number of carbonyl (C=O) groups is 3. The second-order valence-corrected chi connectivity index (χ2v) is 13.7. The molecular weight excluding hydrogens is 719 g/mol. The number of imidazole rings is 1. The van der Waals surface area contributed by atoms with Crippen LogP contribution in [-0.2, 0) is 50.1 Å². The van der Waals surface area contributed by atoms with Crippen LogP contribution >= 0.6 is 23.2 Å². The third-order valence-corrected chi connectivity index (χ3v) is 10.0. The van der Waals surface area contributed by atoms with Gasteiger partial charge in [-0.3, -0.25) is 14.5 Å². The molecule has 11 nitrogen and oxygen atoms in total. The lowest BCUT2D eigenvalue weighted by Crippen LogP contribution is -2.41. The Morgan fingerprint density at radius 3 is 2.34 bits per heavy atom. The number of imide groups is 1. The highest BCUT2D eigenvalue weighted by Crippen LogP contribution is 2.40. The molecule has 2 fully saturated rings. The molecule has 7 rings (SSSR count). The van der Waals surface area contributed by atoms with Crippen LogP contribution in [0.4, 0.5) is 4.79 Å². The van der Waals surface area contributed by atoms with Crippen LogP contribution in [0, 0.1) is 0 Å². The van der Waals surface area contributed by atoms with Gasteiger partial charge in [-0.25, -0.2) is 9.78 Å². The van der Waals surface area contributed by atoms with E-state index < -0.39 is 24.3 Å². The van der Waals surface area contributed by atoms with E-state index in [9.17, 15) is 19.5 Å². The summed E-state index contributed by atoms with van der Waals surface area (Å²) in [6, 6.07) is 31.2. The summed E-state index contributed by atoms with van der Waals surface area (Å²) in [6.45, 7) is 0.456. The molecule has 0 bridgehead atoms. The molecule has 2 aliphatic heterocycles. The summed E-state index contributed by atoms with van der Waals surface area (Å²) in [6.07, 6.45) is -0.111. The molecule has 4 aromatic carbocycles. The molecule has 13 heteroatoms. The van der Waals surface area contributed by atoms with Gasteiger partial charge in [0.1, 0.15) is 17.8 Å². The number of carbonyl (C=O) groups excluding carboxylic acids is 3. The number of ether oxygens (including phenoxy) is 3. The molecule has 0 aliphatic carbocycles. The van der Waals surface area contributed by atoms with Crippen LogP contribution in [0.2, 0.25) is 10.3 Å². The van der Waals surface area contributed by atoms with E-state index in [0.717, 1.165) is 43.8 Å². The Kier molecular flexibility index (Phi) is 11.2. The van der Waals surface area contributed by atoms with Crippen LogP contribution in [-0.4, -0.2) is 49.6 Å². The summed E-state index contributed by atoms with van der Waals surface area (Å²) in [5, 5.41) is 12.6. The second-order valence-electron chi connectivity index (χ2n) is 12.9. The SMILES string of the molecule is O=C(NC1CC(=O)N(Cc2cccc(-c3cccc([C@H]4O[C@@H](Cn5cnc(Cl)c5Cl)C[C@@H](c5ccc(CO)cc5)O4)c3)c2)C1=O)OCc1ccccc1. The number of likely N-dealkylation sites (tertiary alicyclic amines) is 1. The lowest BCUT2D eigenvalue weighted by atomic mass is 9.98. The maximum Gasteiger partial charge on any atom is 0.408 e. The Morgan fingerprint density at radius 1 is 0.868 bits per heavy atom. The van der Waals surface area contributed by atoms with Gasteiger partial charge in [0.2, 0.25) is 5.91 Å². The van der Waals surface area contributed by atoms with Crippen molar-refractivity contribution in [2.24, 2.45) is 0 Å². The first-order valence-corrected chi connectivity index (χ1v) is 17.9. The van der Waals surface area contributed by atoms with E-state index in [1.807, 2.05) is 103 Å². The molecule has 2 aliphatic rings. The minimum absolute atomic E-state index is 0.0499. The van der Waals surface area contributed by atoms with Gasteiger partial charge in [-0.2, -0.15) is 0 Å². The zero-order valence-electron chi connectivity index (χ0n) is 28.4. The minimum Gasteiger partial charge on any atom is -0.445 e. The molecule has 3 heterocycles. The summed E-state index contributed by atoms with van der Waals surface area (Å²) in [7, 11) is 0. The van der Waals surface area contributed by atoms with Crippen LogP contribution in [0.3, 0.4) is 0 Å². The number of aliphatic hydroxyl groups excluding tert-OH is 1. The van der Waals surface area contributed by atoms with E-state index in [-0.39, 0.29) is 49.4 Å². The smallest absolute Gasteiger partial charge is 0.408 e. The Labute approximate surface area is 316 Å². The summed E-state index contributed by atoms with van der Waals surface area (Å²) < 4.78 is 20.0. The molecular formula is C40H36Cl2N4O7. The first-order chi connectivity index (χ1) is 25.7. The average molecular weight is 756 g/mol. The maximum atomic E-state index is 13.2. The van der Waals surface area contributed by atoms with Gasteiger partial charge in [-0.05, 0) is 45.5 Å². The molecule has 0 spiro atoms. The number of aromatic nitrogens is 2. The monoisotopic (exact) mass is 754 g/mol. The van der Waals surface area contributed by atoms with E-state index in [4.69, 9.17) is 37.4 Å². The lowest BCUT2D eigenvalue weighted by molar-refractivity contribution is -0.252. The number of benzene rings is 4. The van der Waals surface area contributed by atoms with Gasteiger partial charge >= 0.3 is 6.09 Å². The Balaban J connectivity index is 1.05. The molecule has 5 aromatic rings. The highest BCUT2D eigenvalue weighted by Gasteiger charge is 2.40. The maximum absolute atomic E-state index is 13.2. The zero-order valence-corrected chi connectivity index (χ0v) is 30.0. The predicted molar refractivity (Wildman–Crippen MR) is 196 cm³/mol. The standard InChI is InChI=1S/C40H36Cl2N4O7/c41-36-37(42)45(24-43-36)21-32-18-34(28-14-12-25(22-47)13-15-28)53-39(52-32)31-11-5-10-30(17-31)29-9-4-8-27(16-29)20-46-35(48)19-33(38(46)49)44-40(50)51-23-26-6-2-1-3-7-26/h1-17,24,32-34,39,47H,18-23H2,(H,44,50)/t32-,33?,34+,39+/m1/s1. The van der Waals surface area contributed by atoms with Crippen LogP contribution in [0.25, 0.3) is 11.1 Å². The fourth-order valence-electron chi connectivity index (χ4n) is 6.49. The largest absolute Gasteiger partial charge is 0.445 e. The highest BCUT2D eigenvalue weighted by molar-refractivity contribution is 6.40. The first kappa shape index (κ1) is 36.3. The van der Waals surface area contributed by atoms with Gasteiger partial charge in [0.15, 0.2) is 11.4 Å². The number of halogens is 2. The van der Waals surface area contributed by atoms with E-state index in [0.29, 0.717) is 18.1 Å². The fourth-order valence-corrected chi connectivity index (χ4v) is 6.80. The number of aliphatic hydroxyl groups is 1. The molecule has 2 saturated heterocycles. The number of hydrogen-bond acceptors (Lipinski definition) is 8. The molecule has 0 saturated carbocycles. The van der Waals surface area contributed by atoms with Crippen molar-refractivity contribution in [3.05, 3.63) is 148 Å². The number of amides is 3. The van der Waals surface area contributed by atoms with Crippen LogP contribution in [0.1, 0.15) is 53.1 Å². The van der Waals surface area contributed by atoms with Gasteiger partial charge in [0, 0.05) is 12.0 Å². The van der Waals surface area contributed by atoms with Crippen molar-refractivity contribution >= 4 is 41.1 Å². The van der Waals surface area contributed by atoms with Crippen molar-refractivity contribution in [1.82, 2.24) is 19.8 Å². The predicted octanol–water partition coefficient (Wildman–Crippen LogP) is 7.15. The van der Waals surface area contributed by atoms with E-state index in [2.05, 4.69) is 10.3 Å². The van der Waals surface area contributed by atoms with Gasteiger partial charge in [-0.1, -0.05) is 114 Å². The zero-order chi connectivity index (χ0) is 36.9.